The average Bonchev–Trinajstić information content (AvgIpc) is 2.26. The maximum atomic E-state index is 5.76. The highest BCUT2D eigenvalue weighted by molar-refractivity contribution is 5.28. The second kappa shape index (κ2) is 6.46. The SMILES string of the molecule is CCNCc1cccc(OC(C)CC)c1. The van der Waals surface area contributed by atoms with E-state index in [1.54, 1.807) is 0 Å². The third-order valence-corrected chi connectivity index (χ3v) is 2.39. The average molecular weight is 207 g/mol. The highest BCUT2D eigenvalue weighted by Gasteiger charge is 2.01. The number of hydrogen-bond acceptors (Lipinski definition) is 2. The molecule has 0 aliphatic heterocycles. The number of rotatable bonds is 6. The molecule has 0 spiro atoms. The highest BCUT2D eigenvalue weighted by Crippen LogP contribution is 2.15. The van der Waals surface area contributed by atoms with Gasteiger partial charge in [0.15, 0.2) is 0 Å². The van der Waals surface area contributed by atoms with Crippen LogP contribution in [0.2, 0.25) is 0 Å². The van der Waals surface area contributed by atoms with Crippen LogP contribution in [-0.2, 0) is 6.54 Å². The van der Waals surface area contributed by atoms with Gasteiger partial charge in [0.1, 0.15) is 5.75 Å². The van der Waals surface area contributed by atoms with Gasteiger partial charge >= 0.3 is 0 Å². The van der Waals surface area contributed by atoms with E-state index in [4.69, 9.17) is 4.74 Å². The van der Waals surface area contributed by atoms with Crippen LogP contribution >= 0.6 is 0 Å². The van der Waals surface area contributed by atoms with Crippen molar-refractivity contribution >= 4 is 0 Å². The van der Waals surface area contributed by atoms with Gasteiger partial charge in [0.25, 0.3) is 0 Å². The van der Waals surface area contributed by atoms with Gasteiger partial charge < -0.3 is 10.1 Å². The molecule has 0 heterocycles. The van der Waals surface area contributed by atoms with Gasteiger partial charge in [0.2, 0.25) is 0 Å². The maximum absolute atomic E-state index is 5.76. The summed E-state index contributed by atoms with van der Waals surface area (Å²) in [6.07, 6.45) is 1.33. The monoisotopic (exact) mass is 207 g/mol. The van der Waals surface area contributed by atoms with Crippen molar-refractivity contribution in [2.45, 2.75) is 39.8 Å². The van der Waals surface area contributed by atoms with Gasteiger partial charge in [-0.3, -0.25) is 0 Å². The first-order valence-corrected chi connectivity index (χ1v) is 5.72. The first-order chi connectivity index (χ1) is 7.26. The van der Waals surface area contributed by atoms with E-state index < -0.39 is 0 Å². The Morgan fingerprint density at radius 1 is 1.33 bits per heavy atom. The molecule has 1 aromatic carbocycles. The molecule has 0 bridgehead atoms. The molecule has 0 aliphatic carbocycles. The Morgan fingerprint density at radius 2 is 2.13 bits per heavy atom. The van der Waals surface area contributed by atoms with Crippen LogP contribution in [0.3, 0.4) is 0 Å². The summed E-state index contributed by atoms with van der Waals surface area (Å²) in [6.45, 7) is 8.24. The van der Waals surface area contributed by atoms with Crippen LogP contribution in [0.5, 0.6) is 5.75 Å². The molecule has 2 heteroatoms. The number of hydrogen-bond donors (Lipinski definition) is 1. The fraction of sp³-hybridized carbons (Fsp3) is 0.538. The second-order valence-electron chi connectivity index (χ2n) is 3.76. The summed E-state index contributed by atoms with van der Waals surface area (Å²) in [5, 5.41) is 3.30. The largest absolute Gasteiger partial charge is 0.491 e. The smallest absolute Gasteiger partial charge is 0.120 e. The summed E-state index contributed by atoms with van der Waals surface area (Å²) in [7, 11) is 0. The third-order valence-electron chi connectivity index (χ3n) is 2.39. The summed E-state index contributed by atoms with van der Waals surface area (Å²) in [5.41, 5.74) is 1.28. The zero-order valence-electron chi connectivity index (χ0n) is 9.92. The second-order valence-corrected chi connectivity index (χ2v) is 3.76. The van der Waals surface area contributed by atoms with Crippen molar-refractivity contribution in [3.63, 3.8) is 0 Å². The van der Waals surface area contributed by atoms with Gasteiger partial charge in [-0.1, -0.05) is 26.0 Å². The Hall–Kier alpha value is -1.02. The predicted octanol–water partition coefficient (Wildman–Crippen LogP) is 2.97. The van der Waals surface area contributed by atoms with E-state index in [1.807, 2.05) is 12.1 Å². The molecule has 1 N–H and O–H groups in total. The van der Waals surface area contributed by atoms with Crippen molar-refractivity contribution in [1.29, 1.82) is 0 Å². The van der Waals surface area contributed by atoms with Crippen LogP contribution in [0.4, 0.5) is 0 Å². The Morgan fingerprint density at radius 3 is 2.80 bits per heavy atom. The molecule has 0 aromatic heterocycles. The van der Waals surface area contributed by atoms with Crippen molar-refractivity contribution in [2.24, 2.45) is 0 Å². The van der Waals surface area contributed by atoms with Crippen LogP contribution in [0.15, 0.2) is 24.3 Å². The van der Waals surface area contributed by atoms with Crippen molar-refractivity contribution < 1.29 is 4.74 Å². The van der Waals surface area contributed by atoms with Gasteiger partial charge in [-0.25, -0.2) is 0 Å². The number of nitrogens with one attached hydrogen (secondary N) is 1. The van der Waals surface area contributed by atoms with Gasteiger partial charge in [0.05, 0.1) is 6.10 Å². The van der Waals surface area contributed by atoms with E-state index in [9.17, 15) is 0 Å². The molecule has 0 saturated carbocycles. The topological polar surface area (TPSA) is 21.3 Å². The number of ether oxygens (including phenoxy) is 1. The van der Waals surface area contributed by atoms with Crippen molar-refractivity contribution in [2.75, 3.05) is 6.54 Å². The molecule has 0 fully saturated rings. The molecule has 2 nitrogen and oxygen atoms in total. The molecule has 0 saturated heterocycles. The molecule has 0 amide bonds. The van der Waals surface area contributed by atoms with Gasteiger partial charge in [-0.15, -0.1) is 0 Å². The van der Waals surface area contributed by atoms with Crippen molar-refractivity contribution in [1.82, 2.24) is 5.32 Å². The maximum Gasteiger partial charge on any atom is 0.120 e. The normalized spacial score (nSPS) is 12.5. The molecule has 1 aromatic rings. The van der Waals surface area contributed by atoms with E-state index in [0.717, 1.165) is 25.3 Å². The lowest BCUT2D eigenvalue weighted by molar-refractivity contribution is 0.217. The summed E-state index contributed by atoms with van der Waals surface area (Å²) in [4.78, 5) is 0. The molecule has 84 valence electrons. The van der Waals surface area contributed by atoms with Crippen LogP contribution in [0.1, 0.15) is 32.8 Å². The van der Waals surface area contributed by atoms with Crippen LogP contribution in [-0.4, -0.2) is 12.6 Å². The van der Waals surface area contributed by atoms with Crippen LogP contribution < -0.4 is 10.1 Å². The summed E-state index contributed by atoms with van der Waals surface area (Å²) in [6, 6.07) is 8.28. The van der Waals surface area contributed by atoms with Gasteiger partial charge in [-0.05, 0) is 37.6 Å². The molecular formula is C13H21NO. The lowest BCUT2D eigenvalue weighted by atomic mass is 10.2. The Kier molecular flexibility index (Phi) is 5.19. The first kappa shape index (κ1) is 12.1. The summed E-state index contributed by atoms with van der Waals surface area (Å²) < 4.78 is 5.76. The molecule has 0 radical (unpaired) electrons. The van der Waals surface area contributed by atoms with Crippen molar-refractivity contribution in [3.05, 3.63) is 29.8 Å². The molecule has 1 atom stereocenters. The molecule has 15 heavy (non-hydrogen) atoms. The Labute approximate surface area is 92.6 Å². The molecule has 1 rings (SSSR count). The van der Waals surface area contributed by atoms with E-state index in [1.165, 1.54) is 5.56 Å². The van der Waals surface area contributed by atoms with E-state index in [0.29, 0.717) is 6.10 Å². The van der Waals surface area contributed by atoms with Gasteiger partial charge in [0, 0.05) is 6.54 Å². The number of benzene rings is 1. The minimum Gasteiger partial charge on any atom is -0.491 e. The standard InChI is InChI=1S/C13H21NO/c1-4-11(3)15-13-8-6-7-12(9-13)10-14-5-2/h6-9,11,14H,4-5,10H2,1-3H3. The van der Waals surface area contributed by atoms with E-state index in [-0.39, 0.29) is 0 Å². The van der Waals surface area contributed by atoms with E-state index in [2.05, 4.69) is 38.2 Å². The lowest BCUT2D eigenvalue weighted by Gasteiger charge is -2.13. The zero-order valence-corrected chi connectivity index (χ0v) is 9.92. The lowest BCUT2D eigenvalue weighted by Crippen LogP contribution is -2.13. The molecular weight excluding hydrogens is 186 g/mol. The summed E-state index contributed by atoms with van der Waals surface area (Å²) in [5.74, 6) is 0.972. The van der Waals surface area contributed by atoms with Gasteiger partial charge in [-0.2, -0.15) is 0 Å². The molecule has 0 aliphatic rings. The molecule has 1 unspecified atom stereocenters. The van der Waals surface area contributed by atoms with Crippen LogP contribution in [0.25, 0.3) is 0 Å². The Balaban J connectivity index is 2.57. The highest BCUT2D eigenvalue weighted by atomic mass is 16.5. The zero-order chi connectivity index (χ0) is 11.1. The fourth-order valence-corrected chi connectivity index (χ4v) is 1.31. The summed E-state index contributed by atoms with van der Waals surface area (Å²) >= 11 is 0. The third kappa shape index (κ3) is 4.34. The predicted molar refractivity (Wildman–Crippen MR) is 64.2 cm³/mol. The van der Waals surface area contributed by atoms with Crippen LogP contribution in [0, 0.1) is 0 Å². The first-order valence-electron chi connectivity index (χ1n) is 5.72. The fourth-order valence-electron chi connectivity index (χ4n) is 1.31. The quantitative estimate of drug-likeness (QED) is 0.774. The Bertz CT molecular complexity index is 286. The minimum absolute atomic E-state index is 0.291. The minimum atomic E-state index is 0.291. The van der Waals surface area contributed by atoms with Crippen molar-refractivity contribution in [3.8, 4) is 5.75 Å². The van der Waals surface area contributed by atoms with E-state index >= 15 is 0 Å².